The van der Waals surface area contributed by atoms with Crippen molar-refractivity contribution < 1.29 is 4.42 Å². The quantitative estimate of drug-likeness (QED) is 0.169. The first kappa shape index (κ1) is 33.3. The van der Waals surface area contributed by atoms with Crippen LogP contribution in [0.25, 0.3) is 93.2 Å². The van der Waals surface area contributed by atoms with E-state index in [2.05, 4.69) is 228 Å². The van der Waals surface area contributed by atoms with Gasteiger partial charge in [0.15, 0.2) is 0 Å². The van der Waals surface area contributed by atoms with E-state index in [1.807, 2.05) is 0 Å². The maximum absolute atomic E-state index is 6.48. The fourth-order valence-electron chi connectivity index (χ4n) is 9.12. The summed E-state index contributed by atoms with van der Waals surface area (Å²) in [7, 11) is 0. The molecule has 3 nitrogen and oxygen atoms in total. The SMILES string of the molecule is c1ccc(-c2ccc(N(c3ccc4oc5ccc6ccccc6c5c4c3)c3ccc4c5cc6ccccc6cc5n(-c5cccc(-c6ccccc6)c5)c4c3)cc2)cc1. The summed E-state index contributed by atoms with van der Waals surface area (Å²) in [5.41, 5.74) is 13.2. The lowest BCUT2D eigenvalue weighted by Crippen LogP contribution is -2.10. The van der Waals surface area contributed by atoms with Crippen molar-refractivity contribution in [2.45, 2.75) is 0 Å². The Bertz CT molecular complexity index is 3540. The molecule has 0 saturated carbocycles. The van der Waals surface area contributed by atoms with Crippen LogP contribution in [0.4, 0.5) is 17.1 Å². The number of rotatable bonds is 6. The van der Waals surface area contributed by atoms with Crippen molar-refractivity contribution in [1.82, 2.24) is 4.57 Å². The molecule has 0 bridgehead atoms. The van der Waals surface area contributed by atoms with Crippen molar-refractivity contribution in [2.24, 2.45) is 0 Å². The topological polar surface area (TPSA) is 21.3 Å². The highest BCUT2D eigenvalue weighted by Gasteiger charge is 2.20. The normalized spacial score (nSPS) is 11.7. The molecular formula is C56H36N2O. The maximum Gasteiger partial charge on any atom is 0.136 e. The van der Waals surface area contributed by atoms with Crippen LogP contribution < -0.4 is 4.90 Å². The Balaban J connectivity index is 1.11. The molecule has 0 radical (unpaired) electrons. The number of hydrogen-bond donors (Lipinski definition) is 0. The molecule has 12 rings (SSSR count). The second-order valence-electron chi connectivity index (χ2n) is 15.4. The molecule has 2 heterocycles. The highest BCUT2D eigenvalue weighted by atomic mass is 16.3. The molecule has 0 aliphatic rings. The molecule has 0 atom stereocenters. The van der Waals surface area contributed by atoms with Crippen LogP contribution in [0.5, 0.6) is 0 Å². The van der Waals surface area contributed by atoms with E-state index in [1.54, 1.807) is 0 Å². The van der Waals surface area contributed by atoms with Gasteiger partial charge in [-0.05, 0) is 117 Å². The van der Waals surface area contributed by atoms with Gasteiger partial charge in [0.1, 0.15) is 11.2 Å². The van der Waals surface area contributed by atoms with Crippen molar-refractivity contribution >= 4 is 82.4 Å². The number of aromatic nitrogens is 1. The van der Waals surface area contributed by atoms with Crippen molar-refractivity contribution in [3.63, 3.8) is 0 Å². The third-order valence-corrected chi connectivity index (χ3v) is 11.9. The Labute approximate surface area is 341 Å². The van der Waals surface area contributed by atoms with Gasteiger partial charge in [-0.2, -0.15) is 0 Å². The summed E-state index contributed by atoms with van der Waals surface area (Å²) < 4.78 is 8.93. The van der Waals surface area contributed by atoms with Crippen LogP contribution in [-0.4, -0.2) is 4.57 Å². The van der Waals surface area contributed by atoms with E-state index in [0.29, 0.717) is 0 Å². The largest absolute Gasteiger partial charge is 0.456 e. The van der Waals surface area contributed by atoms with E-state index in [-0.39, 0.29) is 0 Å². The molecule has 0 spiro atoms. The molecule has 10 aromatic carbocycles. The molecule has 2 aromatic heterocycles. The lowest BCUT2D eigenvalue weighted by molar-refractivity contribution is 0.669. The second kappa shape index (κ2) is 13.4. The van der Waals surface area contributed by atoms with Gasteiger partial charge in [0.25, 0.3) is 0 Å². The third-order valence-electron chi connectivity index (χ3n) is 11.9. The predicted octanol–water partition coefficient (Wildman–Crippen LogP) is 15.8. The van der Waals surface area contributed by atoms with Crippen LogP contribution in [0.3, 0.4) is 0 Å². The smallest absolute Gasteiger partial charge is 0.136 e. The number of anilines is 3. The van der Waals surface area contributed by atoms with Crippen LogP contribution in [-0.2, 0) is 0 Å². The van der Waals surface area contributed by atoms with Crippen LogP contribution in [0.15, 0.2) is 223 Å². The summed E-state index contributed by atoms with van der Waals surface area (Å²) >= 11 is 0. The Morgan fingerprint density at radius 2 is 0.915 bits per heavy atom. The van der Waals surface area contributed by atoms with Gasteiger partial charge in [-0.3, -0.25) is 0 Å². The summed E-state index contributed by atoms with van der Waals surface area (Å²) in [5, 5.41) is 9.51. The summed E-state index contributed by atoms with van der Waals surface area (Å²) in [6.07, 6.45) is 0. The molecule has 0 fully saturated rings. The zero-order chi connectivity index (χ0) is 38.9. The number of nitrogens with zero attached hydrogens (tertiary/aromatic N) is 2. The molecule has 0 amide bonds. The molecular weight excluding hydrogens is 717 g/mol. The molecule has 59 heavy (non-hydrogen) atoms. The first-order valence-electron chi connectivity index (χ1n) is 20.2. The van der Waals surface area contributed by atoms with Gasteiger partial charge in [-0.25, -0.2) is 0 Å². The summed E-state index contributed by atoms with van der Waals surface area (Å²) in [4.78, 5) is 2.39. The Morgan fingerprint density at radius 1 is 0.322 bits per heavy atom. The minimum absolute atomic E-state index is 0.875. The number of hydrogen-bond acceptors (Lipinski definition) is 2. The van der Waals surface area contributed by atoms with E-state index in [0.717, 1.165) is 50.2 Å². The average molecular weight is 753 g/mol. The van der Waals surface area contributed by atoms with Gasteiger partial charge in [0.2, 0.25) is 0 Å². The fraction of sp³-hybridized carbons (Fsp3) is 0. The lowest BCUT2D eigenvalue weighted by atomic mass is 10.0. The average Bonchev–Trinajstić information content (AvgIpc) is 3.84. The van der Waals surface area contributed by atoms with Crippen LogP contribution in [0.1, 0.15) is 0 Å². The number of fused-ring (bicyclic) bond motifs is 9. The van der Waals surface area contributed by atoms with Crippen LogP contribution >= 0.6 is 0 Å². The van der Waals surface area contributed by atoms with Gasteiger partial charge >= 0.3 is 0 Å². The Kier molecular flexibility index (Phi) is 7.54. The zero-order valence-corrected chi connectivity index (χ0v) is 32.1. The van der Waals surface area contributed by atoms with Crippen molar-refractivity contribution in [2.75, 3.05) is 4.90 Å². The highest BCUT2D eigenvalue weighted by molar-refractivity contribution is 6.19. The highest BCUT2D eigenvalue weighted by Crippen LogP contribution is 2.44. The first-order valence-corrected chi connectivity index (χ1v) is 20.2. The first-order chi connectivity index (χ1) is 29.2. The van der Waals surface area contributed by atoms with E-state index in [4.69, 9.17) is 4.42 Å². The van der Waals surface area contributed by atoms with E-state index >= 15 is 0 Å². The van der Waals surface area contributed by atoms with Crippen molar-refractivity contribution in [1.29, 1.82) is 0 Å². The van der Waals surface area contributed by atoms with Gasteiger partial charge in [-0.15, -0.1) is 0 Å². The fourth-order valence-corrected chi connectivity index (χ4v) is 9.12. The molecule has 12 aromatic rings. The number of furan rings is 1. The monoisotopic (exact) mass is 752 g/mol. The van der Waals surface area contributed by atoms with E-state index in [9.17, 15) is 0 Å². The summed E-state index contributed by atoms with van der Waals surface area (Å²) in [6.45, 7) is 0. The third kappa shape index (κ3) is 5.51. The molecule has 3 heteroatoms. The molecule has 276 valence electrons. The summed E-state index contributed by atoms with van der Waals surface area (Å²) in [5.74, 6) is 0. The van der Waals surface area contributed by atoms with Crippen LogP contribution in [0.2, 0.25) is 0 Å². The Morgan fingerprint density at radius 3 is 1.71 bits per heavy atom. The van der Waals surface area contributed by atoms with E-state index in [1.165, 1.54) is 60.1 Å². The molecule has 0 saturated heterocycles. The predicted molar refractivity (Wildman–Crippen MR) is 249 cm³/mol. The minimum atomic E-state index is 0.875. The van der Waals surface area contributed by atoms with Crippen LogP contribution in [0, 0.1) is 0 Å². The zero-order valence-electron chi connectivity index (χ0n) is 32.1. The molecule has 0 unspecified atom stereocenters. The standard InChI is InChI=1S/C56H36N2O/c1-3-12-37(13-4-1)39-22-25-44(26-23-39)57(46-28-31-54-51(35-46)56-48-21-10-9-16-40(48)24-30-55(56)59-54)47-27-29-49-50-33-42-17-7-8-18-43(42)34-52(50)58(53(49)36-47)45-20-11-19-41(32-45)38-14-5-2-6-15-38/h1-36H. The minimum Gasteiger partial charge on any atom is -0.456 e. The van der Waals surface area contributed by atoms with Gasteiger partial charge in [-0.1, -0.05) is 146 Å². The maximum atomic E-state index is 6.48. The van der Waals surface area contributed by atoms with Gasteiger partial charge in [0.05, 0.1) is 11.0 Å². The van der Waals surface area contributed by atoms with Gasteiger partial charge < -0.3 is 13.9 Å². The second-order valence-corrected chi connectivity index (χ2v) is 15.4. The summed E-state index contributed by atoms with van der Waals surface area (Å²) in [6, 6.07) is 78.9. The molecule has 0 aliphatic carbocycles. The van der Waals surface area contributed by atoms with Gasteiger partial charge in [0, 0.05) is 44.3 Å². The molecule has 0 aliphatic heterocycles. The Hall–Kier alpha value is -7.88. The van der Waals surface area contributed by atoms with Crippen molar-refractivity contribution in [3.8, 4) is 27.9 Å². The lowest BCUT2D eigenvalue weighted by Gasteiger charge is -2.26. The van der Waals surface area contributed by atoms with E-state index < -0.39 is 0 Å². The molecule has 0 N–H and O–H groups in total. The number of benzene rings is 10. The van der Waals surface area contributed by atoms with Crippen molar-refractivity contribution in [3.05, 3.63) is 218 Å².